The summed E-state index contributed by atoms with van der Waals surface area (Å²) in [7, 11) is -6.87. The molecule has 0 unspecified atom stereocenters. The van der Waals surface area contributed by atoms with Gasteiger partial charge in [-0.25, -0.2) is 4.39 Å². The molecule has 0 spiro atoms. The molecule has 0 amide bonds. The highest BCUT2D eigenvalue weighted by molar-refractivity contribution is 8.13. The zero-order valence-electron chi connectivity index (χ0n) is 5.56. The number of alkyl halides is 3. The summed E-state index contributed by atoms with van der Waals surface area (Å²) >= 11 is 0. The second-order valence-corrected chi connectivity index (χ2v) is 4.70. The fraction of sp³-hybridized carbons (Fsp3) is 0.500. The lowest BCUT2D eigenvalue weighted by Crippen LogP contribution is -2.42. The molecule has 12 heavy (non-hydrogen) atoms. The third kappa shape index (κ3) is 3.28. The van der Waals surface area contributed by atoms with Gasteiger partial charge in [0.05, 0.1) is 5.75 Å². The first-order valence-electron chi connectivity index (χ1n) is 2.46. The average molecular weight is 208 g/mol. The number of rotatable bonds is 2. The first-order chi connectivity index (χ1) is 4.92. The highest BCUT2D eigenvalue weighted by Gasteiger charge is 2.35. The van der Waals surface area contributed by atoms with Crippen molar-refractivity contribution >= 4 is 9.63 Å². The summed E-state index contributed by atoms with van der Waals surface area (Å²) in [6.07, 6.45) is -5.26. The summed E-state index contributed by atoms with van der Waals surface area (Å²) in [5.74, 6) is -2.76. The van der Waals surface area contributed by atoms with Gasteiger partial charge in [-0.1, -0.05) is 6.58 Å². The SMILES string of the molecule is C=C(F)S(=O)([O-])([O-])CC(F)(F)F. The van der Waals surface area contributed by atoms with Crippen LogP contribution in [0, 0.1) is 0 Å². The lowest BCUT2D eigenvalue weighted by atomic mass is 10.8. The Balaban J connectivity index is 4.88. The third-order valence-corrected chi connectivity index (χ3v) is 2.52. The van der Waals surface area contributed by atoms with Gasteiger partial charge in [0.25, 0.3) is 0 Å². The monoisotopic (exact) mass is 208 g/mol. The number of sulfone groups is 3. The zero-order chi connectivity index (χ0) is 10.2. The van der Waals surface area contributed by atoms with E-state index in [0.717, 1.165) is 0 Å². The first-order valence-corrected chi connectivity index (χ1v) is 4.44. The highest BCUT2D eigenvalue weighted by atomic mass is 32.3. The van der Waals surface area contributed by atoms with Crippen molar-refractivity contribution in [1.29, 1.82) is 0 Å². The third-order valence-electron chi connectivity index (χ3n) is 0.840. The van der Waals surface area contributed by atoms with Crippen molar-refractivity contribution in [3.63, 3.8) is 0 Å². The predicted molar refractivity (Wildman–Crippen MR) is 30.9 cm³/mol. The Morgan fingerprint density at radius 3 is 1.83 bits per heavy atom. The van der Waals surface area contributed by atoms with Crippen LogP contribution in [0.3, 0.4) is 0 Å². The van der Waals surface area contributed by atoms with Crippen LogP contribution in [-0.4, -0.2) is 25.2 Å². The van der Waals surface area contributed by atoms with Crippen LogP contribution in [0.25, 0.3) is 0 Å². The van der Waals surface area contributed by atoms with Crippen molar-refractivity contribution < 1.29 is 30.9 Å². The average Bonchev–Trinajstić information content (AvgIpc) is 1.53. The topological polar surface area (TPSA) is 63.2 Å². The van der Waals surface area contributed by atoms with Crippen LogP contribution in [0.2, 0.25) is 0 Å². The predicted octanol–water partition coefficient (Wildman–Crippen LogP) is 1.07. The summed E-state index contributed by atoms with van der Waals surface area (Å²) in [6.45, 7) is 2.03. The molecule has 0 aromatic rings. The molecule has 0 saturated heterocycles. The standard InChI is InChI=1S/C4H6F4O3S/c1-3(5)12(9,10,11)2-4(6,7)8/h1-2H2,(H2,9,10,11)/p-2. The zero-order valence-corrected chi connectivity index (χ0v) is 6.38. The fourth-order valence-corrected chi connectivity index (χ4v) is 1.08. The molecule has 0 rings (SSSR count). The van der Waals surface area contributed by atoms with E-state index in [2.05, 4.69) is 0 Å². The van der Waals surface area contributed by atoms with E-state index in [0.29, 0.717) is 0 Å². The maximum absolute atomic E-state index is 11.8. The molecule has 0 aliphatic heterocycles. The van der Waals surface area contributed by atoms with Gasteiger partial charge in [-0.15, -0.1) is 0 Å². The van der Waals surface area contributed by atoms with Crippen LogP contribution >= 0.6 is 0 Å². The normalized spacial score (nSPS) is 16.7. The Morgan fingerprint density at radius 2 is 1.75 bits per heavy atom. The molecule has 0 bridgehead atoms. The van der Waals surface area contributed by atoms with Crippen LogP contribution in [0.5, 0.6) is 0 Å². The molecule has 0 aliphatic carbocycles. The van der Waals surface area contributed by atoms with Crippen molar-refractivity contribution in [3.05, 3.63) is 11.7 Å². The number of halogens is 4. The van der Waals surface area contributed by atoms with Crippen LogP contribution < -0.4 is 0 Å². The first kappa shape index (κ1) is 11.5. The molecule has 8 heteroatoms. The fourth-order valence-electron chi connectivity index (χ4n) is 0.361. The second-order valence-electron chi connectivity index (χ2n) is 2.07. The van der Waals surface area contributed by atoms with Gasteiger partial charge >= 0.3 is 6.18 Å². The molecule has 0 aromatic carbocycles. The van der Waals surface area contributed by atoms with Crippen molar-refractivity contribution in [1.82, 2.24) is 0 Å². The van der Waals surface area contributed by atoms with Gasteiger partial charge in [-0.05, 0) is 0 Å². The molecule has 0 radical (unpaired) electrons. The van der Waals surface area contributed by atoms with E-state index in [4.69, 9.17) is 0 Å². The van der Waals surface area contributed by atoms with Crippen LogP contribution in [-0.2, 0) is 9.63 Å². The maximum Gasteiger partial charge on any atom is 0.397 e. The van der Waals surface area contributed by atoms with E-state index in [1.54, 1.807) is 0 Å². The smallest absolute Gasteiger partial charge is 0.397 e. The molecule has 74 valence electrons. The minimum absolute atomic E-state index is 2.03. The van der Waals surface area contributed by atoms with Crippen molar-refractivity contribution in [3.8, 4) is 0 Å². The van der Waals surface area contributed by atoms with Crippen molar-refractivity contribution in [2.45, 2.75) is 6.18 Å². The van der Waals surface area contributed by atoms with Gasteiger partial charge in [0, 0.05) is 0 Å². The minimum Gasteiger partial charge on any atom is -0.793 e. The van der Waals surface area contributed by atoms with E-state index in [1.807, 2.05) is 6.58 Å². The van der Waals surface area contributed by atoms with Gasteiger partial charge in [-0.2, -0.15) is 22.8 Å². The molecule has 0 aromatic heterocycles. The van der Waals surface area contributed by atoms with Crippen LogP contribution in [0.1, 0.15) is 0 Å². The Bertz CT molecular complexity index is 262. The molecular formula is C4H4F4O3S-2. The van der Waals surface area contributed by atoms with Gasteiger partial charge < -0.3 is 13.3 Å². The van der Waals surface area contributed by atoms with Crippen LogP contribution in [0.15, 0.2) is 11.7 Å². The van der Waals surface area contributed by atoms with Gasteiger partial charge in [0.2, 0.25) is 0 Å². The molecule has 0 aliphatic rings. The number of hydrogen-bond acceptors (Lipinski definition) is 3. The molecular weight excluding hydrogens is 204 g/mol. The molecule has 0 heterocycles. The van der Waals surface area contributed by atoms with E-state index >= 15 is 0 Å². The summed E-state index contributed by atoms with van der Waals surface area (Å²) in [6, 6.07) is 0. The summed E-state index contributed by atoms with van der Waals surface area (Å²) in [5.41, 5.74) is 0. The molecule has 0 saturated carbocycles. The van der Waals surface area contributed by atoms with E-state index in [9.17, 15) is 30.9 Å². The Morgan fingerprint density at radius 1 is 1.42 bits per heavy atom. The largest absolute Gasteiger partial charge is 0.793 e. The molecule has 0 N–H and O–H groups in total. The Labute approximate surface area is 65.1 Å². The van der Waals surface area contributed by atoms with Gasteiger partial charge in [0.15, 0.2) is 0 Å². The summed E-state index contributed by atoms with van der Waals surface area (Å²) in [5, 5.41) is -2.51. The molecule has 0 fully saturated rings. The second kappa shape index (κ2) is 2.51. The van der Waals surface area contributed by atoms with E-state index in [1.165, 1.54) is 0 Å². The number of hydrogen-bond donors (Lipinski definition) is 0. The maximum atomic E-state index is 11.8. The lowest BCUT2D eigenvalue weighted by Gasteiger charge is -2.53. The molecule has 0 atom stereocenters. The van der Waals surface area contributed by atoms with Gasteiger partial charge in [0.1, 0.15) is 5.16 Å². The van der Waals surface area contributed by atoms with E-state index < -0.39 is 26.7 Å². The summed E-state index contributed by atoms with van der Waals surface area (Å²) < 4.78 is 76.5. The van der Waals surface area contributed by atoms with Gasteiger partial charge in [-0.3, -0.25) is 0 Å². The van der Waals surface area contributed by atoms with E-state index in [-0.39, 0.29) is 0 Å². The minimum atomic E-state index is -6.87. The Hall–Kier alpha value is -0.470. The highest BCUT2D eigenvalue weighted by Crippen LogP contribution is 2.33. The summed E-state index contributed by atoms with van der Waals surface area (Å²) in [4.78, 5) is 0. The van der Waals surface area contributed by atoms with Crippen molar-refractivity contribution in [2.24, 2.45) is 0 Å². The van der Waals surface area contributed by atoms with Crippen LogP contribution in [0.4, 0.5) is 17.6 Å². The quantitative estimate of drug-likeness (QED) is 0.637. The molecule has 3 nitrogen and oxygen atoms in total. The van der Waals surface area contributed by atoms with Crippen molar-refractivity contribution in [2.75, 3.05) is 5.75 Å². The lowest BCUT2D eigenvalue weighted by molar-refractivity contribution is -0.109. The Kier molecular flexibility index (Phi) is 2.41.